The molecule has 2 unspecified atom stereocenters. The first kappa shape index (κ1) is 44.7. The zero-order chi connectivity index (χ0) is 47.8. The predicted octanol–water partition coefficient (Wildman–Crippen LogP) is 14.9. The first-order chi connectivity index (χ1) is 34.1. The molecule has 4 heterocycles. The van der Waals surface area contributed by atoms with Gasteiger partial charge in [-0.2, -0.15) is 9.15 Å². The molecule has 0 aromatic heterocycles. The Bertz CT molecular complexity index is 3050. The number of rotatable bonds is 8. The van der Waals surface area contributed by atoms with Gasteiger partial charge in [0.15, 0.2) is 11.4 Å². The van der Waals surface area contributed by atoms with Gasteiger partial charge in [0.25, 0.3) is 0 Å². The van der Waals surface area contributed by atoms with Gasteiger partial charge < -0.3 is 9.80 Å². The molecule has 6 aromatic rings. The topological polar surface area (TPSA) is 12.5 Å². The van der Waals surface area contributed by atoms with Gasteiger partial charge in [0.1, 0.15) is 14.1 Å². The highest BCUT2D eigenvalue weighted by Gasteiger charge is 2.52. The lowest BCUT2D eigenvalue weighted by molar-refractivity contribution is -0.401. The average molecular weight is 919 g/mol. The number of likely N-dealkylation sites (N-methyl/N-ethyl adjacent to an activating group) is 2. The normalized spacial score (nSPS) is 24.4. The average Bonchev–Trinajstić information content (AvgIpc) is 3.93. The molecule has 70 heavy (non-hydrogen) atoms. The fourth-order valence-corrected chi connectivity index (χ4v) is 15.1. The lowest BCUT2D eigenvalue weighted by Gasteiger charge is -2.32. The number of para-hydroxylation sites is 4. The van der Waals surface area contributed by atoms with Crippen molar-refractivity contribution in [3.8, 4) is 0 Å². The Morgan fingerprint density at radius 3 is 1.23 bits per heavy atom. The molecule has 4 nitrogen and oxygen atoms in total. The van der Waals surface area contributed by atoms with Gasteiger partial charge in [-0.25, -0.2) is 0 Å². The molecule has 6 aliphatic rings. The van der Waals surface area contributed by atoms with E-state index in [0.717, 1.165) is 12.8 Å². The lowest BCUT2D eigenvalue weighted by Crippen LogP contribution is -2.36. The summed E-state index contributed by atoms with van der Waals surface area (Å²) in [6.45, 7) is 4.97. The molecule has 0 bridgehead atoms. The van der Waals surface area contributed by atoms with E-state index in [0.29, 0.717) is 0 Å². The van der Waals surface area contributed by atoms with E-state index < -0.39 is 0 Å². The molecule has 0 saturated heterocycles. The fraction of sp³-hybridized carbons (Fsp3) is 0.333. The van der Waals surface area contributed by atoms with Crippen LogP contribution in [0.2, 0.25) is 0 Å². The van der Waals surface area contributed by atoms with Gasteiger partial charge in [0, 0.05) is 83.1 Å². The molecule has 352 valence electrons. The molecule has 2 saturated carbocycles. The van der Waals surface area contributed by atoms with Crippen LogP contribution in [0.3, 0.4) is 0 Å². The van der Waals surface area contributed by atoms with Crippen LogP contribution in [0.1, 0.15) is 111 Å². The fourth-order valence-electron chi connectivity index (χ4n) is 15.1. The Kier molecular flexibility index (Phi) is 10.9. The Morgan fingerprint density at radius 2 is 0.814 bits per heavy atom. The first-order valence-electron chi connectivity index (χ1n) is 26.4. The van der Waals surface area contributed by atoms with E-state index in [1.54, 1.807) is 0 Å². The number of nitrogens with zero attached hydrogens (tertiary/aromatic N) is 4. The lowest BCUT2D eigenvalue weighted by atomic mass is 9.67. The van der Waals surface area contributed by atoms with Gasteiger partial charge in [-0.3, -0.25) is 0 Å². The molecule has 2 spiro atoms. The maximum absolute atomic E-state index is 2.48. The van der Waals surface area contributed by atoms with Crippen LogP contribution in [-0.4, -0.2) is 48.8 Å². The van der Waals surface area contributed by atoms with E-state index in [1.165, 1.54) is 154 Å². The summed E-state index contributed by atoms with van der Waals surface area (Å²) in [6.07, 6.45) is 29.0. The molecule has 0 amide bonds. The number of hydrogen-bond donors (Lipinski definition) is 0. The molecule has 2 fully saturated rings. The highest BCUT2D eigenvalue weighted by molar-refractivity contribution is 6.05. The number of anilines is 2. The van der Waals surface area contributed by atoms with Crippen molar-refractivity contribution < 1.29 is 9.15 Å². The largest absolute Gasteiger partial charge is 0.347 e. The Labute approximate surface area is 417 Å². The van der Waals surface area contributed by atoms with E-state index in [9.17, 15) is 0 Å². The number of allylic oxidation sites excluding steroid dienone is 8. The van der Waals surface area contributed by atoms with Crippen LogP contribution in [0.25, 0.3) is 10.8 Å². The predicted molar refractivity (Wildman–Crippen MR) is 294 cm³/mol. The van der Waals surface area contributed by atoms with Crippen molar-refractivity contribution >= 4 is 44.9 Å². The van der Waals surface area contributed by atoms with Crippen LogP contribution in [0.5, 0.6) is 0 Å². The van der Waals surface area contributed by atoms with Crippen molar-refractivity contribution in [1.82, 2.24) is 0 Å². The van der Waals surface area contributed by atoms with Crippen LogP contribution in [0.4, 0.5) is 22.7 Å². The third-order valence-electron chi connectivity index (χ3n) is 18.5. The molecule has 0 radical (unpaired) electrons. The molecule has 4 heteroatoms. The van der Waals surface area contributed by atoms with E-state index in [1.807, 2.05) is 0 Å². The second kappa shape index (κ2) is 17.1. The maximum Gasteiger partial charge on any atom is 0.209 e. The summed E-state index contributed by atoms with van der Waals surface area (Å²) in [5.41, 5.74) is 19.3. The summed E-state index contributed by atoms with van der Waals surface area (Å²) in [5, 5.41) is 2.71. The van der Waals surface area contributed by atoms with Crippen molar-refractivity contribution in [1.29, 1.82) is 0 Å². The second-order valence-electron chi connectivity index (χ2n) is 22.1. The molecule has 12 rings (SSSR count). The molecule has 6 aromatic carbocycles. The summed E-state index contributed by atoms with van der Waals surface area (Å²) in [6, 6.07) is 50.7. The Morgan fingerprint density at radius 1 is 0.443 bits per heavy atom. The highest BCUT2D eigenvalue weighted by Crippen LogP contribution is 2.53. The Hall–Kier alpha value is -6.52. The first-order valence-corrected chi connectivity index (χ1v) is 26.4. The van der Waals surface area contributed by atoms with Gasteiger partial charge in [0.05, 0.1) is 10.8 Å². The molecule has 0 N–H and O–H groups in total. The standard InChI is InChI=1S/C66H70N4/c1-63(51-29-9-13-33-55(51)67(3)59(63)37-23-39-61-65(41-17-7-18-42-65)53-31-11-15-35-57(53)69(61)5)45-47-25-21-28-50-48(26-22-27-49(47)50)46-64(2)52-30-10-14-34-56(52)68(4)60(64)38-24-40-62-66(43-19-8-20-44-66)54-32-12-16-36-58(54)70(62)6/h9-16,21-40H,7-8,17-20,41-46H2,1-6H3/q+2. The Balaban J connectivity index is 0.894. The zero-order valence-corrected chi connectivity index (χ0v) is 42.4. The van der Waals surface area contributed by atoms with Crippen molar-refractivity contribution in [2.45, 2.75) is 113 Å². The van der Waals surface area contributed by atoms with Crippen LogP contribution in [0.15, 0.2) is 181 Å². The van der Waals surface area contributed by atoms with Crippen molar-refractivity contribution in [2.75, 3.05) is 38.0 Å². The molecular formula is C66H70N4+2. The van der Waals surface area contributed by atoms with Crippen molar-refractivity contribution in [3.63, 3.8) is 0 Å². The van der Waals surface area contributed by atoms with Gasteiger partial charge in [-0.15, -0.1) is 0 Å². The van der Waals surface area contributed by atoms with E-state index >= 15 is 0 Å². The minimum Gasteiger partial charge on any atom is -0.347 e. The van der Waals surface area contributed by atoms with Crippen LogP contribution in [-0.2, 0) is 34.5 Å². The van der Waals surface area contributed by atoms with Gasteiger partial charge in [-0.05, 0) is 110 Å². The summed E-state index contributed by atoms with van der Waals surface area (Å²) < 4.78 is 4.96. The minimum absolute atomic E-state index is 0.101. The number of benzene rings is 6. The summed E-state index contributed by atoms with van der Waals surface area (Å²) >= 11 is 0. The zero-order valence-electron chi connectivity index (χ0n) is 42.4. The van der Waals surface area contributed by atoms with Crippen LogP contribution >= 0.6 is 0 Å². The van der Waals surface area contributed by atoms with E-state index in [2.05, 4.69) is 231 Å². The number of hydrogen-bond acceptors (Lipinski definition) is 2. The third-order valence-corrected chi connectivity index (χ3v) is 18.5. The SMILES string of the molecule is CN1/C(=C\C=C\C2=[N+](C)c3ccccc3C23CCCCC3)C(C)(Cc2cccc3c(CC4(C)/C(=C/C=C/C5=[N+](C)c6ccccc6C56CCCCC6)N(C)c5ccccc54)cccc23)c2ccccc21. The van der Waals surface area contributed by atoms with Crippen LogP contribution in [0, 0.1) is 0 Å². The van der Waals surface area contributed by atoms with E-state index in [-0.39, 0.29) is 21.7 Å². The third kappa shape index (κ3) is 6.68. The van der Waals surface area contributed by atoms with Crippen LogP contribution < -0.4 is 9.80 Å². The molecular weight excluding hydrogens is 849 g/mol. The maximum atomic E-state index is 2.48. The van der Waals surface area contributed by atoms with Gasteiger partial charge in [0.2, 0.25) is 11.4 Å². The summed E-state index contributed by atoms with van der Waals surface area (Å²) in [7, 11) is 9.11. The monoisotopic (exact) mass is 919 g/mol. The summed E-state index contributed by atoms with van der Waals surface area (Å²) in [4.78, 5) is 4.91. The van der Waals surface area contributed by atoms with Crippen molar-refractivity contribution in [2.24, 2.45) is 0 Å². The van der Waals surface area contributed by atoms with Crippen molar-refractivity contribution in [3.05, 3.63) is 215 Å². The highest BCUT2D eigenvalue weighted by atomic mass is 15.2. The molecule has 2 atom stereocenters. The summed E-state index contributed by atoms with van der Waals surface area (Å²) in [5.74, 6) is 0. The van der Waals surface area contributed by atoms with Gasteiger partial charge >= 0.3 is 0 Å². The number of fused-ring (bicyclic) bond motifs is 7. The smallest absolute Gasteiger partial charge is 0.209 e. The quantitative estimate of drug-likeness (QED) is 0.141. The molecule has 2 aliphatic carbocycles. The van der Waals surface area contributed by atoms with E-state index in [4.69, 9.17) is 0 Å². The second-order valence-corrected chi connectivity index (χ2v) is 22.1. The minimum atomic E-state index is -0.234. The van der Waals surface area contributed by atoms with Gasteiger partial charge in [-0.1, -0.05) is 160 Å². The molecule has 4 aliphatic heterocycles.